The van der Waals surface area contributed by atoms with Crippen molar-refractivity contribution in [1.82, 2.24) is 34.1 Å². The van der Waals surface area contributed by atoms with Crippen LogP contribution in [0.5, 0.6) is 0 Å². The summed E-state index contributed by atoms with van der Waals surface area (Å²) in [6, 6.07) is 14.9. The number of aromatic nitrogens is 5. The van der Waals surface area contributed by atoms with Gasteiger partial charge in [-0.1, -0.05) is 36.4 Å². The van der Waals surface area contributed by atoms with Crippen LogP contribution in [0.3, 0.4) is 0 Å². The molecule has 1 amide bonds. The third-order valence-electron chi connectivity index (χ3n) is 7.80. The molecule has 1 fully saturated rings. The van der Waals surface area contributed by atoms with Crippen LogP contribution in [-0.2, 0) is 13.1 Å². The van der Waals surface area contributed by atoms with Crippen LogP contribution >= 0.6 is 0 Å². The average molecular weight is 500 g/mol. The van der Waals surface area contributed by atoms with Gasteiger partial charge in [0.05, 0.1) is 25.1 Å². The Morgan fingerprint density at radius 2 is 1.78 bits per heavy atom. The number of hydrogen-bond acceptors (Lipinski definition) is 5. The van der Waals surface area contributed by atoms with Gasteiger partial charge < -0.3 is 14.0 Å². The van der Waals surface area contributed by atoms with Gasteiger partial charge in [-0.05, 0) is 48.6 Å². The quantitative estimate of drug-likeness (QED) is 0.415. The summed E-state index contributed by atoms with van der Waals surface area (Å²) in [5.41, 5.74) is 3.60. The van der Waals surface area contributed by atoms with Gasteiger partial charge >= 0.3 is 0 Å². The van der Waals surface area contributed by atoms with E-state index in [9.17, 15) is 9.18 Å². The lowest BCUT2D eigenvalue weighted by Gasteiger charge is -2.40. The second-order valence-corrected chi connectivity index (χ2v) is 9.89. The minimum Gasteiger partial charge on any atom is -0.337 e. The predicted octanol–water partition coefficient (Wildman–Crippen LogP) is 4.01. The van der Waals surface area contributed by atoms with Crippen LogP contribution in [0.1, 0.15) is 47.7 Å². The van der Waals surface area contributed by atoms with Crippen LogP contribution in [0.4, 0.5) is 4.39 Å². The number of fused-ring (bicyclic) bond motifs is 1. The number of amides is 1. The SMILES string of the molecule is C[C@@H](c1ccccc1-c1ccc(F)cc1)n1cncc1C(=O)N1CCC(N2CCn3cnnc3C2)CC1. The first-order valence-electron chi connectivity index (χ1n) is 12.8. The van der Waals surface area contributed by atoms with Gasteiger partial charge in [0.1, 0.15) is 23.7 Å². The molecule has 0 saturated carbocycles. The lowest BCUT2D eigenvalue weighted by atomic mass is 9.95. The Hall–Kier alpha value is -3.85. The number of rotatable bonds is 5. The molecule has 0 aliphatic carbocycles. The van der Waals surface area contributed by atoms with Gasteiger partial charge in [-0.2, -0.15) is 0 Å². The van der Waals surface area contributed by atoms with Gasteiger partial charge in [-0.15, -0.1) is 10.2 Å². The van der Waals surface area contributed by atoms with Crippen LogP contribution < -0.4 is 0 Å². The molecule has 1 atom stereocenters. The third kappa shape index (κ3) is 4.55. The molecule has 190 valence electrons. The van der Waals surface area contributed by atoms with Crippen LogP contribution in [0, 0.1) is 5.82 Å². The molecule has 2 aliphatic heterocycles. The topological polar surface area (TPSA) is 72.1 Å². The Kier molecular flexibility index (Phi) is 6.30. The van der Waals surface area contributed by atoms with Gasteiger partial charge in [0.2, 0.25) is 0 Å². The number of imidazole rings is 1. The van der Waals surface area contributed by atoms with E-state index in [0.717, 1.165) is 68.1 Å². The molecule has 2 aromatic heterocycles. The smallest absolute Gasteiger partial charge is 0.272 e. The molecule has 8 nitrogen and oxygen atoms in total. The highest BCUT2D eigenvalue weighted by molar-refractivity contribution is 5.92. The molecule has 0 unspecified atom stereocenters. The summed E-state index contributed by atoms with van der Waals surface area (Å²) < 4.78 is 17.6. The monoisotopic (exact) mass is 499 g/mol. The van der Waals surface area contributed by atoms with E-state index in [1.807, 2.05) is 27.7 Å². The molecule has 37 heavy (non-hydrogen) atoms. The maximum atomic E-state index is 13.6. The van der Waals surface area contributed by atoms with Crippen LogP contribution in [0.25, 0.3) is 11.1 Å². The first-order valence-corrected chi connectivity index (χ1v) is 12.8. The molecule has 4 heterocycles. The summed E-state index contributed by atoms with van der Waals surface area (Å²) in [5.74, 6) is 0.771. The maximum absolute atomic E-state index is 13.6. The van der Waals surface area contributed by atoms with E-state index in [-0.39, 0.29) is 17.8 Å². The summed E-state index contributed by atoms with van der Waals surface area (Å²) in [6.07, 6.45) is 7.09. The molecule has 1 saturated heterocycles. The van der Waals surface area contributed by atoms with Crippen molar-refractivity contribution in [2.45, 2.75) is 44.9 Å². The number of likely N-dealkylation sites (tertiary alicyclic amines) is 1. The second-order valence-electron chi connectivity index (χ2n) is 9.89. The fourth-order valence-electron chi connectivity index (χ4n) is 5.68. The van der Waals surface area contributed by atoms with Crippen molar-refractivity contribution >= 4 is 5.91 Å². The molecule has 0 N–H and O–H groups in total. The number of carbonyl (C=O) groups is 1. The van der Waals surface area contributed by atoms with E-state index in [1.54, 1.807) is 31.0 Å². The fourth-order valence-corrected chi connectivity index (χ4v) is 5.68. The molecule has 0 bridgehead atoms. The average Bonchev–Trinajstić information content (AvgIpc) is 3.62. The molecular weight excluding hydrogens is 469 g/mol. The van der Waals surface area contributed by atoms with Crippen molar-refractivity contribution < 1.29 is 9.18 Å². The van der Waals surface area contributed by atoms with Gasteiger partial charge in [-0.25, -0.2) is 9.37 Å². The lowest BCUT2D eigenvalue weighted by molar-refractivity contribution is 0.0561. The summed E-state index contributed by atoms with van der Waals surface area (Å²) in [5, 5.41) is 8.27. The molecule has 2 aromatic carbocycles. The highest BCUT2D eigenvalue weighted by atomic mass is 19.1. The van der Waals surface area contributed by atoms with Gasteiger partial charge in [0.15, 0.2) is 0 Å². The molecule has 4 aromatic rings. The van der Waals surface area contributed by atoms with Crippen molar-refractivity contribution in [3.8, 4) is 11.1 Å². The number of halogens is 1. The first-order chi connectivity index (χ1) is 18.1. The van der Waals surface area contributed by atoms with E-state index in [2.05, 4.69) is 37.6 Å². The van der Waals surface area contributed by atoms with Crippen molar-refractivity contribution in [3.63, 3.8) is 0 Å². The zero-order valence-electron chi connectivity index (χ0n) is 20.9. The first kappa shape index (κ1) is 23.5. The molecule has 0 radical (unpaired) electrons. The van der Waals surface area contributed by atoms with Crippen LogP contribution in [-0.4, -0.2) is 65.7 Å². The molecule has 6 rings (SSSR count). The Morgan fingerprint density at radius 1 is 1.00 bits per heavy atom. The summed E-state index contributed by atoms with van der Waals surface area (Å²) in [7, 11) is 0. The Bertz CT molecular complexity index is 1390. The predicted molar refractivity (Wildman–Crippen MR) is 137 cm³/mol. The Morgan fingerprint density at radius 3 is 2.59 bits per heavy atom. The number of benzene rings is 2. The number of hydrogen-bond donors (Lipinski definition) is 0. The maximum Gasteiger partial charge on any atom is 0.272 e. The third-order valence-corrected chi connectivity index (χ3v) is 7.80. The second kappa shape index (κ2) is 9.89. The van der Waals surface area contributed by atoms with Crippen molar-refractivity contribution in [2.24, 2.45) is 0 Å². The zero-order chi connectivity index (χ0) is 25.4. The van der Waals surface area contributed by atoms with E-state index >= 15 is 0 Å². The van der Waals surface area contributed by atoms with Crippen LogP contribution in [0.2, 0.25) is 0 Å². The Balaban J connectivity index is 1.16. The standard InChI is InChI=1S/C28H30FN7O/c1-20(24-4-2-3-5-25(24)21-6-8-22(29)9-7-21)36-18-30-16-26(36)28(37)33-12-10-23(11-13-33)34-14-15-35-19-31-32-27(35)17-34/h2-9,16,18-20,23H,10-15,17H2,1H3/t20-/m0/s1. The van der Waals surface area contributed by atoms with E-state index in [4.69, 9.17) is 0 Å². The summed E-state index contributed by atoms with van der Waals surface area (Å²) in [4.78, 5) is 22.4. The largest absolute Gasteiger partial charge is 0.337 e. The zero-order valence-corrected chi connectivity index (χ0v) is 20.9. The van der Waals surface area contributed by atoms with E-state index < -0.39 is 0 Å². The minimum atomic E-state index is -0.260. The lowest BCUT2D eigenvalue weighted by Crippen LogP contribution is -2.49. The molecular formula is C28H30FN7O. The number of nitrogens with zero attached hydrogens (tertiary/aromatic N) is 7. The van der Waals surface area contributed by atoms with Gasteiger partial charge in [0.25, 0.3) is 5.91 Å². The number of carbonyl (C=O) groups excluding carboxylic acids is 1. The number of piperidine rings is 1. The molecule has 9 heteroatoms. The Labute approximate surface area is 215 Å². The normalized spacial score (nSPS) is 17.5. The van der Waals surface area contributed by atoms with Crippen molar-refractivity contribution in [2.75, 3.05) is 19.6 Å². The minimum absolute atomic E-state index is 0.0143. The highest BCUT2D eigenvalue weighted by Crippen LogP contribution is 2.31. The highest BCUT2D eigenvalue weighted by Gasteiger charge is 2.31. The molecule has 0 spiro atoms. The molecule has 2 aliphatic rings. The van der Waals surface area contributed by atoms with Crippen molar-refractivity contribution in [3.05, 3.63) is 90.3 Å². The van der Waals surface area contributed by atoms with Gasteiger partial charge in [0, 0.05) is 32.2 Å². The fraction of sp³-hybridized carbons (Fsp3) is 0.357. The van der Waals surface area contributed by atoms with Crippen molar-refractivity contribution in [1.29, 1.82) is 0 Å². The van der Waals surface area contributed by atoms with Gasteiger partial charge in [-0.3, -0.25) is 9.69 Å². The summed E-state index contributed by atoms with van der Waals surface area (Å²) >= 11 is 0. The van der Waals surface area contributed by atoms with Crippen LogP contribution in [0.15, 0.2) is 67.4 Å². The summed E-state index contributed by atoms with van der Waals surface area (Å²) in [6.45, 7) is 6.23. The van der Waals surface area contributed by atoms with E-state index in [1.165, 1.54) is 12.1 Å². The van der Waals surface area contributed by atoms with E-state index in [0.29, 0.717) is 11.7 Å².